The molecule has 1 atom stereocenters. The van der Waals surface area contributed by atoms with Gasteiger partial charge in [-0.15, -0.1) is 0 Å². The first-order valence-electron chi connectivity index (χ1n) is 5.49. The first-order chi connectivity index (χ1) is 7.00. The quantitative estimate of drug-likeness (QED) is 0.824. The van der Waals surface area contributed by atoms with Crippen molar-refractivity contribution in [2.45, 2.75) is 39.7 Å². The number of nitrogens with two attached hydrogens (primary N) is 1. The zero-order valence-electron chi connectivity index (χ0n) is 10.1. The molecule has 0 spiro atoms. The van der Waals surface area contributed by atoms with Gasteiger partial charge in [0, 0.05) is 6.04 Å². The number of rotatable bonds is 4. The summed E-state index contributed by atoms with van der Waals surface area (Å²) in [7, 11) is 0. The molecule has 2 nitrogen and oxygen atoms in total. The molecule has 0 heterocycles. The first kappa shape index (κ1) is 12.1. The van der Waals surface area contributed by atoms with Gasteiger partial charge in [-0.3, -0.25) is 0 Å². The summed E-state index contributed by atoms with van der Waals surface area (Å²) in [5.74, 6) is 1.45. The molecule has 0 aromatic heterocycles. The lowest BCUT2D eigenvalue weighted by Crippen LogP contribution is -2.24. The number of hydrogen-bond donors (Lipinski definition) is 1. The molecule has 2 heteroatoms. The van der Waals surface area contributed by atoms with E-state index in [0.717, 1.165) is 5.75 Å². The molecule has 0 fully saturated rings. The molecule has 0 bridgehead atoms. The van der Waals surface area contributed by atoms with Crippen molar-refractivity contribution in [3.05, 3.63) is 29.3 Å². The molecule has 0 saturated carbocycles. The molecule has 84 valence electrons. The summed E-state index contributed by atoms with van der Waals surface area (Å²) in [4.78, 5) is 0. The van der Waals surface area contributed by atoms with Crippen molar-refractivity contribution in [3.8, 4) is 5.75 Å². The summed E-state index contributed by atoms with van der Waals surface area (Å²) in [6, 6.07) is 6.41. The molecular weight excluding hydrogens is 186 g/mol. The van der Waals surface area contributed by atoms with E-state index in [9.17, 15) is 0 Å². The van der Waals surface area contributed by atoms with E-state index in [1.54, 1.807) is 0 Å². The lowest BCUT2D eigenvalue weighted by atomic mass is 10.0. The van der Waals surface area contributed by atoms with E-state index in [1.165, 1.54) is 11.1 Å². The van der Waals surface area contributed by atoms with Crippen molar-refractivity contribution in [1.82, 2.24) is 0 Å². The minimum atomic E-state index is 0.0746. The maximum atomic E-state index is 5.72. The zero-order chi connectivity index (χ0) is 11.4. The molecule has 0 saturated heterocycles. The van der Waals surface area contributed by atoms with Gasteiger partial charge in [-0.25, -0.2) is 0 Å². The highest BCUT2D eigenvalue weighted by Gasteiger charge is 2.08. The Morgan fingerprint density at radius 3 is 2.47 bits per heavy atom. The van der Waals surface area contributed by atoms with Crippen molar-refractivity contribution in [2.75, 3.05) is 6.61 Å². The van der Waals surface area contributed by atoms with Crippen LogP contribution in [0.2, 0.25) is 0 Å². The summed E-state index contributed by atoms with van der Waals surface area (Å²) in [6.07, 6.45) is 0. The van der Waals surface area contributed by atoms with Crippen LogP contribution in [0.5, 0.6) is 5.75 Å². The molecule has 0 aliphatic rings. The van der Waals surface area contributed by atoms with Gasteiger partial charge in [0.25, 0.3) is 0 Å². The summed E-state index contributed by atoms with van der Waals surface area (Å²) in [5.41, 5.74) is 8.15. The van der Waals surface area contributed by atoms with Crippen LogP contribution in [0.4, 0.5) is 0 Å². The van der Waals surface area contributed by atoms with E-state index in [1.807, 2.05) is 6.92 Å². The third kappa shape index (κ3) is 3.56. The number of aryl methyl sites for hydroxylation is 1. The van der Waals surface area contributed by atoms with Crippen molar-refractivity contribution in [2.24, 2.45) is 5.73 Å². The minimum Gasteiger partial charge on any atom is -0.492 e. The molecule has 0 aliphatic carbocycles. The third-order valence-corrected chi connectivity index (χ3v) is 2.29. The number of ether oxygens (including phenoxy) is 1. The highest BCUT2D eigenvalue weighted by molar-refractivity contribution is 5.39. The van der Waals surface area contributed by atoms with Crippen LogP contribution in [-0.4, -0.2) is 12.6 Å². The Hall–Kier alpha value is -1.02. The summed E-state index contributed by atoms with van der Waals surface area (Å²) in [6.45, 7) is 8.93. The van der Waals surface area contributed by atoms with Gasteiger partial charge in [-0.05, 0) is 37.0 Å². The van der Waals surface area contributed by atoms with Crippen molar-refractivity contribution in [1.29, 1.82) is 0 Å². The molecule has 0 aliphatic heterocycles. The van der Waals surface area contributed by atoms with Gasteiger partial charge in [0.1, 0.15) is 12.4 Å². The maximum absolute atomic E-state index is 5.72. The first-order valence-corrected chi connectivity index (χ1v) is 5.49. The molecule has 1 aromatic carbocycles. The van der Waals surface area contributed by atoms with E-state index in [0.29, 0.717) is 12.5 Å². The van der Waals surface area contributed by atoms with Crippen LogP contribution in [0.15, 0.2) is 18.2 Å². The fourth-order valence-corrected chi connectivity index (χ4v) is 1.46. The predicted molar refractivity (Wildman–Crippen MR) is 64.4 cm³/mol. The Bertz CT molecular complexity index is 318. The van der Waals surface area contributed by atoms with Crippen LogP contribution < -0.4 is 10.5 Å². The SMILES string of the molecule is Cc1ccc(C(C)C)c(OC[C@@H](C)N)c1. The van der Waals surface area contributed by atoms with Crippen molar-refractivity contribution >= 4 is 0 Å². The van der Waals surface area contributed by atoms with E-state index in [-0.39, 0.29) is 6.04 Å². The average molecular weight is 207 g/mol. The summed E-state index contributed by atoms with van der Waals surface area (Å²) >= 11 is 0. The van der Waals surface area contributed by atoms with E-state index in [4.69, 9.17) is 10.5 Å². The van der Waals surface area contributed by atoms with Gasteiger partial charge in [0.05, 0.1) is 0 Å². The van der Waals surface area contributed by atoms with Crippen LogP contribution in [0.1, 0.15) is 37.8 Å². The Balaban J connectivity index is 2.87. The van der Waals surface area contributed by atoms with Crippen molar-refractivity contribution in [3.63, 3.8) is 0 Å². The number of benzene rings is 1. The molecule has 2 N–H and O–H groups in total. The minimum absolute atomic E-state index is 0.0746. The monoisotopic (exact) mass is 207 g/mol. The molecule has 1 aromatic rings. The second-order valence-corrected chi connectivity index (χ2v) is 4.48. The highest BCUT2D eigenvalue weighted by atomic mass is 16.5. The Morgan fingerprint density at radius 1 is 1.27 bits per heavy atom. The van der Waals surface area contributed by atoms with Gasteiger partial charge < -0.3 is 10.5 Å². The molecule has 0 radical (unpaired) electrons. The van der Waals surface area contributed by atoms with Crippen LogP contribution in [0, 0.1) is 6.92 Å². The Kier molecular flexibility index (Phi) is 4.15. The maximum Gasteiger partial charge on any atom is 0.123 e. The zero-order valence-corrected chi connectivity index (χ0v) is 10.1. The van der Waals surface area contributed by atoms with E-state index in [2.05, 4.69) is 39.0 Å². The summed E-state index contributed by atoms with van der Waals surface area (Å²) < 4.78 is 5.72. The Morgan fingerprint density at radius 2 is 1.93 bits per heavy atom. The largest absolute Gasteiger partial charge is 0.492 e. The van der Waals surface area contributed by atoms with Crippen LogP contribution in [0.25, 0.3) is 0 Å². The van der Waals surface area contributed by atoms with Gasteiger partial charge in [0.15, 0.2) is 0 Å². The van der Waals surface area contributed by atoms with E-state index >= 15 is 0 Å². The fraction of sp³-hybridized carbons (Fsp3) is 0.538. The van der Waals surface area contributed by atoms with E-state index < -0.39 is 0 Å². The van der Waals surface area contributed by atoms with Crippen molar-refractivity contribution < 1.29 is 4.74 Å². The second kappa shape index (κ2) is 5.17. The smallest absolute Gasteiger partial charge is 0.123 e. The molecular formula is C13H21NO. The van der Waals surface area contributed by atoms with Crippen LogP contribution in [-0.2, 0) is 0 Å². The van der Waals surface area contributed by atoms with Gasteiger partial charge >= 0.3 is 0 Å². The Labute approximate surface area is 92.4 Å². The number of hydrogen-bond acceptors (Lipinski definition) is 2. The van der Waals surface area contributed by atoms with Gasteiger partial charge in [0.2, 0.25) is 0 Å². The topological polar surface area (TPSA) is 35.2 Å². The normalized spacial score (nSPS) is 12.9. The third-order valence-electron chi connectivity index (χ3n) is 2.29. The van der Waals surface area contributed by atoms with Gasteiger partial charge in [-0.1, -0.05) is 26.0 Å². The fourth-order valence-electron chi connectivity index (χ4n) is 1.46. The molecule has 1 rings (SSSR count). The summed E-state index contributed by atoms with van der Waals surface area (Å²) in [5, 5.41) is 0. The lowest BCUT2D eigenvalue weighted by molar-refractivity contribution is 0.292. The standard InChI is InChI=1S/C13H21NO/c1-9(2)12-6-5-10(3)7-13(12)15-8-11(4)14/h5-7,9,11H,8,14H2,1-4H3/t11-/m1/s1. The molecule has 0 unspecified atom stereocenters. The second-order valence-electron chi connectivity index (χ2n) is 4.48. The lowest BCUT2D eigenvalue weighted by Gasteiger charge is -2.16. The van der Waals surface area contributed by atoms with Gasteiger partial charge in [-0.2, -0.15) is 0 Å². The predicted octanol–water partition coefficient (Wildman–Crippen LogP) is 2.84. The van der Waals surface area contributed by atoms with Crippen LogP contribution >= 0.6 is 0 Å². The molecule has 0 amide bonds. The average Bonchev–Trinajstić information content (AvgIpc) is 2.14. The molecule has 15 heavy (non-hydrogen) atoms. The van der Waals surface area contributed by atoms with Crippen LogP contribution in [0.3, 0.4) is 0 Å². The highest BCUT2D eigenvalue weighted by Crippen LogP contribution is 2.27.